The van der Waals surface area contributed by atoms with Crippen molar-refractivity contribution in [3.8, 4) is 11.3 Å². The summed E-state index contributed by atoms with van der Waals surface area (Å²) in [5.74, 6) is 0.529. The van der Waals surface area contributed by atoms with Gasteiger partial charge in [-0.05, 0) is 31.9 Å². The molecule has 1 aromatic heterocycles. The number of hydrogen-bond acceptors (Lipinski definition) is 2. The zero-order valence-corrected chi connectivity index (χ0v) is 13.8. The predicted octanol–water partition coefficient (Wildman–Crippen LogP) is 4.18. The molecule has 22 heavy (non-hydrogen) atoms. The fourth-order valence-corrected chi connectivity index (χ4v) is 2.52. The minimum absolute atomic E-state index is 0.0702. The molecule has 3 heteroatoms. The minimum atomic E-state index is 0.0702. The number of carbonyl (C=O) groups excluding carboxylic acids is 1. The fourth-order valence-electron chi connectivity index (χ4n) is 2.52. The third-order valence-corrected chi connectivity index (χ3v) is 3.64. The van der Waals surface area contributed by atoms with Gasteiger partial charge in [0.1, 0.15) is 0 Å². The molecular formula is C19H24N2O. The minimum Gasteiger partial charge on any atom is -0.339 e. The van der Waals surface area contributed by atoms with E-state index in [-0.39, 0.29) is 5.91 Å². The van der Waals surface area contributed by atoms with Gasteiger partial charge in [0.05, 0.1) is 17.0 Å². The van der Waals surface area contributed by atoms with Crippen LogP contribution in [0.1, 0.15) is 36.8 Å². The van der Waals surface area contributed by atoms with Gasteiger partial charge < -0.3 is 4.90 Å². The van der Waals surface area contributed by atoms with Crippen LogP contribution in [0.5, 0.6) is 0 Å². The number of amides is 1. The molecular weight excluding hydrogens is 272 g/mol. The summed E-state index contributed by atoms with van der Waals surface area (Å²) in [4.78, 5) is 19.2. The van der Waals surface area contributed by atoms with Gasteiger partial charge in [0.15, 0.2) is 0 Å². The Hall–Kier alpha value is -2.16. The molecule has 2 rings (SSSR count). The molecule has 0 saturated carbocycles. The zero-order chi connectivity index (χ0) is 16.1. The summed E-state index contributed by atoms with van der Waals surface area (Å²) >= 11 is 0. The van der Waals surface area contributed by atoms with E-state index < -0.39 is 0 Å². The summed E-state index contributed by atoms with van der Waals surface area (Å²) in [5.41, 5.74) is 3.46. The van der Waals surface area contributed by atoms with Crippen LogP contribution in [-0.2, 0) is 0 Å². The molecule has 0 aliphatic heterocycles. The Bertz CT molecular complexity index is 635. The maximum Gasteiger partial charge on any atom is 0.255 e. The van der Waals surface area contributed by atoms with Crippen LogP contribution >= 0.6 is 0 Å². The smallest absolute Gasteiger partial charge is 0.255 e. The highest BCUT2D eigenvalue weighted by Crippen LogP contribution is 2.19. The van der Waals surface area contributed by atoms with Crippen LogP contribution in [-0.4, -0.2) is 28.9 Å². The van der Waals surface area contributed by atoms with Crippen LogP contribution in [0.15, 0.2) is 42.5 Å². The number of hydrogen-bond donors (Lipinski definition) is 0. The molecule has 1 aromatic carbocycles. The topological polar surface area (TPSA) is 33.2 Å². The third kappa shape index (κ3) is 3.73. The lowest BCUT2D eigenvalue weighted by Crippen LogP contribution is -2.34. The average molecular weight is 296 g/mol. The highest BCUT2D eigenvalue weighted by atomic mass is 16.2. The average Bonchev–Trinajstić information content (AvgIpc) is 2.52. The number of benzene rings is 1. The normalized spacial score (nSPS) is 10.8. The van der Waals surface area contributed by atoms with Crippen molar-refractivity contribution in [1.82, 2.24) is 9.88 Å². The molecule has 0 atom stereocenters. The molecule has 0 fully saturated rings. The van der Waals surface area contributed by atoms with Gasteiger partial charge in [0.2, 0.25) is 0 Å². The molecule has 3 nitrogen and oxygen atoms in total. The van der Waals surface area contributed by atoms with Crippen LogP contribution in [0.25, 0.3) is 11.3 Å². The molecule has 0 aliphatic carbocycles. The largest absolute Gasteiger partial charge is 0.339 e. The summed E-state index contributed by atoms with van der Waals surface area (Å²) < 4.78 is 0. The maximum absolute atomic E-state index is 12.7. The van der Waals surface area contributed by atoms with Crippen molar-refractivity contribution in [3.63, 3.8) is 0 Å². The predicted molar refractivity (Wildman–Crippen MR) is 90.8 cm³/mol. The Morgan fingerprint density at radius 3 is 2.36 bits per heavy atom. The van der Waals surface area contributed by atoms with Crippen molar-refractivity contribution < 1.29 is 4.79 Å². The van der Waals surface area contributed by atoms with Crippen LogP contribution in [0.2, 0.25) is 0 Å². The molecule has 0 unspecified atom stereocenters. The summed E-state index contributed by atoms with van der Waals surface area (Å²) in [6, 6.07) is 13.9. The van der Waals surface area contributed by atoms with Gasteiger partial charge in [-0.25, -0.2) is 0 Å². The Labute approximate surface area is 133 Å². The van der Waals surface area contributed by atoms with Gasteiger partial charge >= 0.3 is 0 Å². The van der Waals surface area contributed by atoms with Crippen molar-refractivity contribution in [2.75, 3.05) is 13.1 Å². The Morgan fingerprint density at radius 1 is 1.14 bits per heavy atom. The molecule has 116 valence electrons. The second kappa shape index (κ2) is 7.21. The molecule has 0 aliphatic rings. The van der Waals surface area contributed by atoms with Crippen molar-refractivity contribution in [1.29, 1.82) is 0 Å². The lowest BCUT2D eigenvalue weighted by atomic mass is 10.1. The number of nitrogens with zero attached hydrogens (tertiary/aromatic N) is 2. The van der Waals surface area contributed by atoms with E-state index in [1.165, 1.54) is 0 Å². The number of pyridine rings is 1. The van der Waals surface area contributed by atoms with Crippen molar-refractivity contribution in [2.45, 2.75) is 27.7 Å². The van der Waals surface area contributed by atoms with Gasteiger partial charge in [0.25, 0.3) is 5.91 Å². The van der Waals surface area contributed by atoms with Crippen LogP contribution in [0.3, 0.4) is 0 Å². The van der Waals surface area contributed by atoms with E-state index in [4.69, 9.17) is 0 Å². The van der Waals surface area contributed by atoms with E-state index >= 15 is 0 Å². The van der Waals surface area contributed by atoms with Gasteiger partial charge in [-0.1, -0.05) is 44.2 Å². The molecule has 0 spiro atoms. The number of carbonyl (C=O) groups is 1. The van der Waals surface area contributed by atoms with E-state index in [2.05, 4.69) is 18.8 Å². The fraction of sp³-hybridized carbons (Fsp3) is 0.368. The standard InChI is InChI=1S/C19H24N2O/c1-5-21(13-14(2)3)19(22)17-11-12-18(20-15(17)4)16-9-7-6-8-10-16/h6-12,14H,5,13H2,1-4H3. The Morgan fingerprint density at radius 2 is 1.82 bits per heavy atom. The zero-order valence-electron chi connectivity index (χ0n) is 13.8. The molecule has 0 radical (unpaired) electrons. The van der Waals surface area contributed by atoms with Gasteiger partial charge in [-0.15, -0.1) is 0 Å². The van der Waals surface area contributed by atoms with E-state index in [1.54, 1.807) is 0 Å². The molecule has 0 N–H and O–H groups in total. The SMILES string of the molecule is CCN(CC(C)C)C(=O)c1ccc(-c2ccccc2)nc1C. The highest BCUT2D eigenvalue weighted by Gasteiger charge is 2.18. The molecule has 0 bridgehead atoms. The van der Waals surface area contributed by atoms with Crippen LogP contribution < -0.4 is 0 Å². The summed E-state index contributed by atoms with van der Waals surface area (Å²) in [6.45, 7) is 9.66. The summed E-state index contributed by atoms with van der Waals surface area (Å²) in [6.07, 6.45) is 0. The first-order chi connectivity index (χ1) is 10.5. The van der Waals surface area contributed by atoms with Gasteiger partial charge in [-0.3, -0.25) is 9.78 Å². The highest BCUT2D eigenvalue weighted by molar-refractivity contribution is 5.95. The third-order valence-electron chi connectivity index (χ3n) is 3.64. The lowest BCUT2D eigenvalue weighted by molar-refractivity contribution is 0.0744. The van der Waals surface area contributed by atoms with E-state index in [0.717, 1.165) is 30.0 Å². The van der Waals surface area contributed by atoms with Crippen molar-refractivity contribution >= 4 is 5.91 Å². The quantitative estimate of drug-likeness (QED) is 0.829. The second-order valence-electron chi connectivity index (χ2n) is 5.93. The first-order valence-corrected chi connectivity index (χ1v) is 7.85. The Kier molecular flexibility index (Phi) is 5.31. The van der Waals surface area contributed by atoms with Crippen molar-refractivity contribution in [2.24, 2.45) is 5.92 Å². The molecule has 1 heterocycles. The number of aryl methyl sites for hydroxylation is 1. The van der Waals surface area contributed by atoms with Gasteiger partial charge in [0, 0.05) is 18.7 Å². The van der Waals surface area contributed by atoms with Crippen molar-refractivity contribution in [3.05, 3.63) is 53.7 Å². The van der Waals surface area contributed by atoms with Crippen LogP contribution in [0, 0.1) is 12.8 Å². The van der Waals surface area contributed by atoms with Crippen LogP contribution in [0.4, 0.5) is 0 Å². The molecule has 2 aromatic rings. The summed E-state index contributed by atoms with van der Waals surface area (Å²) in [5, 5.41) is 0. The van der Waals surface area contributed by atoms with E-state index in [9.17, 15) is 4.79 Å². The maximum atomic E-state index is 12.7. The lowest BCUT2D eigenvalue weighted by Gasteiger charge is -2.23. The second-order valence-corrected chi connectivity index (χ2v) is 5.93. The number of aromatic nitrogens is 1. The molecule has 0 saturated heterocycles. The molecule has 1 amide bonds. The number of rotatable bonds is 5. The van der Waals surface area contributed by atoms with E-state index in [0.29, 0.717) is 11.5 Å². The summed E-state index contributed by atoms with van der Waals surface area (Å²) in [7, 11) is 0. The van der Waals surface area contributed by atoms with E-state index in [1.807, 2.05) is 61.2 Å². The van der Waals surface area contributed by atoms with Gasteiger partial charge in [-0.2, -0.15) is 0 Å². The first-order valence-electron chi connectivity index (χ1n) is 7.85. The monoisotopic (exact) mass is 296 g/mol. The first kappa shape index (κ1) is 16.2. The Balaban J connectivity index is 2.28.